The summed E-state index contributed by atoms with van der Waals surface area (Å²) >= 11 is 0. The molecule has 102 valence electrons. The van der Waals surface area contributed by atoms with Gasteiger partial charge in [0.25, 0.3) is 0 Å². The van der Waals surface area contributed by atoms with Crippen LogP contribution in [0.2, 0.25) is 0 Å². The smallest absolute Gasteiger partial charge is 0.0699 e. The summed E-state index contributed by atoms with van der Waals surface area (Å²) in [5.74, 6) is 0. The van der Waals surface area contributed by atoms with E-state index in [2.05, 4.69) is 12.2 Å². The Morgan fingerprint density at radius 2 is 1.71 bits per heavy atom. The van der Waals surface area contributed by atoms with Crippen LogP contribution >= 0.6 is 0 Å². The highest BCUT2D eigenvalue weighted by molar-refractivity contribution is 4.68. The minimum atomic E-state index is 0.494. The first kappa shape index (κ1) is 15.0. The van der Waals surface area contributed by atoms with Crippen LogP contribution in [0.3, 0.4) is 0 Å². The molecule has 0 aromatic heterocycles. The summed E-state index contributed by atoms with van der Waals surface area (Å²) in [6.07, 6.45) is 14.1. The maximum Gasteiger partial charge on any atom is 0.0699 e. The average molecular weight is 241 g/mol. The summed E-state index contributed by atoms with van der Waals surface area (Å²) in [4.78, 5) is 0. The number of piperidine rings is 1. The van der Waals surface area contributed by atoms with Gasteiger partial charge < -0.3 is 10.1 Å². The van der Waals surface area contributed by atoms with Gasteiger partial charge in [-0.1, -0.05) is 51.9 Å². The molecule has 0 aliphatic carbocycles. The van der Waals surface area contributed by atoms with Gasteiger partial charge in [-0.25, -0.2) is 0 Å². The highest BCUT2D eigenvalue weighted by Gasteiger charge is 2.12. The fourth-order valence-corrected chi connectivity index (χ4v) is 2.45. The van der Waals surface area contributed by atoms with Gasteiger partial charge in [0.1, 0.15) is 0 Å². The third-order valence-corrected chi connectivity index (χ3v) is 3.60. The molecule has 1 N–H and O–H groups in total. The quantitative estimate of drug-likeness (QED) is 0.586. The van der Waals surface area contributed by atoms with Crippen molar-refractivity contribution >= 4 is 0 Å². The van der Waals surface area contributed by atoms with Crippen LogP contribution < -0.4 is 5.32 Å². The second-order valence-corrected chi connectivity index (χ2v) is 5.31. The predicted octanol–water partition coefficient (Wildman–Crippen LogP) is 3.90. The van der Waals surface area contributed by atoms with Gasteiger partial charge in [0.05, 0.1) is 6.10 Å². The summed E-state index contributed by atoms with van der Waals surface area (Å²) in [5.41, 5.74) is 0. The lowest BCUT2D eigenvalue weighted by molar-refractivity contribution is 0.0347. The second kappa shape index (κ2) is 11.0. The maximum atomic E-state index is 5.87. The molecule has 1 atom stereocenters. The molecule has 0 saturated carbocycles. The van der Waals surface area contributed by atoms with Gasteiger partial charge in [0, 0.05) is 13.2 Å². The monoisotopic (exact) mass is 241 g/mol. The van der Waals surface area contributed by atoms with E-state index in [4.69, 9.17) is 4.74 Å². The zero-order valence-electron chi connectivity index (χ0n) is 11.7. The van der Waals surface area contributed by atoms with Crippen LogP contribution in [0, 0.1) is 0 Å². The van der Waals surface area contributed by atoms with Crippen LogP contribution in [0.25, 0.3) is 0 Å². The van der Waals surface area contributed by atoms with Crippen LogP contribution in [0.5, 0.6) is 0 Å². The first-order chi connectivity index (χ1) is 8.43. The lowest BCUT2D eigenvalue weighted by atomic mass is 10.1. The number of unbranched alkanes of at least 4 members (excludes halogenated alkanes) is 7. The van der Waals surface area contributed by atoms with Crippen molar-refractivity contribution in [2.24, 2.45) is 0 Å². The van der Waals surface area contributed by atoms with Crippen molar-refractivity contribution < 1.29 is 4.74 Å². The molecule has 0 bridgehead atoms. The molecule has 1 heterocycles. The van der Waals surface area contributed by atoms with Crippen LogP contribution in [0.1, 0.15) is 71.1 Å². The van der Waals surface area contributed by atoms with E-state index in [0.717, 1.165) is 13.2 Å². The van der Waals surface area contributed by atoms with Crippen molar-refractivity contribution in [1.82, 2.24) is 5.32 Å². The molecule has 0 aromatic rings. The van der Waals surface area contributed by atoms with E-state index >= 15 is 0 Å². The fourth-order valence-electron chi connectivity index (χ4n) is 2.45. The van der Waals surface area contributed by atoms with Gasteiger partial charge in [0.2, 0.25) is 0 Å². The Bertz CT molecular complexity index is 155. The summed E-state index contributed by atoms with van der Waals surface area (Å²) in [5, 5.41) is 3.39. The topological polar surface area (TPSA) is 21.3 Å². The molecule has 0 aromatic carbocycles. The van der Waals surface area contributed by atoms with E-state index in [1.807, 2.05) is 0 Å². The lowest BCUT2D eigenvalue weighted by Crippen LogP contribution is -2.35. The van der Waals surface area contributed by atoms with Gasteiger partial charge >= 0.3 is 0 Å². The van der Waals surface area contributed by atoms with Crippen LogP contribution in [0.15, 0.2) is 0 Å². The molecule has 0 unspecified atom stereocenters. The van der Waals surface area contributed by atoms with Crippen LogP contribution in [-0.2, 0) is 4.74 Å². The molecule has 0 amide bonds. The van der Waals surface area contributed by atoms with E-state index in [9.17, 15) is 0 Å². The fraction of sp³-hybridized carbons (Fsp3) is 1.00. The Kier molecular flexibility index (Phi) is 9.72. The maximum absolute atomic E-state index is 5.87. The Hall–Kier alpha value is -0.0800. The number of rotatable bonds is 10. The second-order valence-electron chi connectivity index (χ2n) is 5.31. The molecule has 1 aliphatic heterocycles. The normalized spacial score (nSPS) is 20.6. The molecule has 1 rings (SSSR count). The summed E-state index contributed by atoms with van der Waals surface area (Å²) in [6, 6.07) is 0. The summed E-state index contributed by atoms with van der Waals surface area (Å²) < 4.78 is 5.87. The predicted molar refractivity (Wildman–Crippen MR) is 74.5 cm³/mol. The molecule has 17 heavy (non-hydrogen) atoms. The first-order valence-corrected chi connectivity index (χ1v) is 7.76. The third-order valence-electron chi connectivity index (χ3n) is 3.60. The molecule has 1 aliphatic rings. The molecule has 1 saturated heterocycles. The Morgan fingerprint density at radius 3 is 2.35 bits per heavy atom. The van der Waals surface area contributed by atoms with E-state index in [1.165, 1.54) is 70.8 Å². The number of hydrogen-bond donors (Lipinski definition) is 1. The van der Waals surface area contributed by atoms with Gasteiger partial charge in [-0.05, 0) is 25.8 Å². The SMILES string of the molecule is CCCCCCCCCCO[C@H]1CCCNC1. The standard InChI is InChI=1S/C15H31NO/c1-2-3-4-5-6-7-8-9-13-17-15-11-10-12-16-14-15/h15-16H,2-14H2,1H3/t15-/m0/s1. The van der Waals surface area contributed by atoms with E-state index in [0.29, 0.717) is 6.10 Å². The third kappa shape index (κ3) is 8.62. The lowest BCUT2D eigenvalue weighted by Gasteiger charge is -2.22. The average Bonchev–Trinajstić information content (AvgIpc) is 2.38. The molecular formula is C15H31NO. The van der Waals surface area contributed by atoms with Crippen molar-refractivity contribution in [3.05, 3.63) is 0 Å². The van der Waals surface area contributed by atoms with Crippen molar-refractivity contribution in [1.29, 1.82) is 0 Å². The highest BCUT2D eigenvalue weighted by atomic mass is 16.5. The van der Waals surface area contributed by atoms with Gasteiger partial charge in [-0.15, -0.1) is 0 Å². The molecule has 0 radical (unpaired) electrons. The van der Waals surface area contributed by atoms with E-state index in [-0.39, 0.29) is 0 Å². The molecule has 2 nitrogen and oxygen atoms in total. The molecule has 0 spiro atoms. The zero-order valence-corrected chi connectivity index (χ0v) is 11.7. The number of ether oxygens (including phenoxy) is 1. The minimum absolute atomic E-state index is 0.494. The Balaban J connectivity index is 1.75. The highest BCUT2D eigenvalue weighted by Crippen LogP contribution is 2.10. The van der Waals surface area contributed by atoms with Gasteiger partial charge in [-0.3, -0.25) is 0 Å². The van der Waals surface area contributed by atoms with E-state index in [1.54, 1.807) is 0 Å². The zero-order chi connectivity index (χ0) is 12.2. The van der Waals surface area contributed by atoms with Gasteiger partial charge in [-0.2, -0.15) is 0 Å². The van der Waals surface area contributed by atoms with Gasteiger partial charge in [0.15, 0.2) is 0 Å². The minimum Gasteiger partial charge on any atom is -0.377 e. The van der Waals surface area contributed by atoms with Crippen molar-refractivity contribution in [3.8, 4) is 0 Å². The molecule has 2 heteroatoms. The number of nitrogens with one attached hydrogen (secondary N) is 1. The van der Waals surface area contributed by atoms with E-state index < -0.39 is 0 Å². The first-order valence-electron chi connectivity index (χ1n) is 7.76. The molecule has 1 fully saturated rings. The van der Waals surface area contributed by atoms with Crippen LogP contribution in [0.4, 0.5) is 0 Å². The number of hydrogen-bond acceptors (Lipinski definition) is 2. The Morgan fingerprint density at radius 1 is 1.00 bits per heavy atom. The largest absolute Gasteiger partial charge is 0.377 e. The Labute approximate surface area is 108 Å². The molecular weight excluding hydrogens is 210 g/mol. The summed E-state index contributed by atoms with van der Waals surface area (Å²) in [6.45, 7) is 5.49. The summed E-state index contributed by atoms with van der Waals surface area (Å²) in [7, 11) is 0. The van der Waals surface area contributed by atoms with Crippen molar-refractivity contribution in [2.75, 3.05) is 19.7 Å². The van der Waals surface area contributed by atoms with Crippen molar-refractivity contribution in [3.63, 3.8) is 0 Å². The van der Waals surface area contributed by atoms with Crippen LogP contribution in [-0.4, -0.2) is 25.8 Å². The van der Waals surface area contributed by atoms with Crippen molar-refractivity contribution in [2.45, 2.75) is 77.2 Å².